The molecule has 1 aromatic carbocycles. The van der Waals surface area contributed by atoms with Gasteiger partial charge in [0.2, 0.25) is 0 Å². The predicted molar refractivity (Wildman–Crippen MR) is 74.7 cm³/mol. The van der Waals surface area contributed by atoms with E-state index in [2.05, 4.69) is 5.32 Å². The molecule has 1 fully saturated rings. The van der Waals surface area contributed by atoms with Gasteiger partial charge in [-0.25, -0.2) is 0 Å². The van der Waals surface area contributed by atoms with E-state index >= 15 is 0 Å². The fourth-order valence-electron chi connectivity index (χ4n) is 2.58. The minimum absolute atomic E-state index is 0.0789. The highest BCUT2D eigenvalue weighted by Gasteiger charge is 2.17. The van der Waals surface area contributed by atoms with Gasteiger partial charge in [0.25, 0.3) is 5.69 Å². The summed E-state index contributed by atoms with van der Waals surface area (Å²) in [5.41, 5.74) is 0.659. The highest BCUT2D eigenvalue weighted by molar-refractivity contribution is 5.63. The van der Waals surface area contributed by atoms with Crippen LogP contribution in [0.1, 0.15) is 32.1 Å². The van der Waals surface area contributed by atoms with Gasteiger partial charge in [-0.2, -0.15) is 0 Å². The van der Waals surface area contributed by atoms with Crippen molar-refractivity contribution in [2.24, 2.45) is 5.92 Å². The summed E-state index contributed by atoms with van der Waals surface area (Å²) in [6.45, 7) is 0.813. The van der Waals surface area contributed by atoms with Crippen molar-refractivity contribution in [2.45, 2.75) is 32.1 Å². The smallest absolute Gasteiger partial charge is 0.296 e. The first-order chi connectivity index (χ1) is 9.20. The van der Waals surface area contributed by atoms with E-state index in [1.165, 1.54) is 45.3 Å². The molecule has 1 N–H and O–H groups in total. The maximum Gasteiger partial charge on any atom is 0.296 e. The van der Waals surface area contributed by atoms with Crippen molar-refractivity contribution >= 4 is 11.4 Å². The van der Waals surface area contributed by atoms with Crippen LogP contribution in [0.15, 0.2) is 18.2 Å². The number of hydrogen-bond acceptors (Lipinski definition) is 4. The minimum atomic E-state index is -0.369. The molecule has 0 heterocycles. The van der Waals surface area contributed by atoms with E-state index in [1.807, 2.05) is 0 Å². The number of nitro benzene ring substituents is 1. The van der Waals surface area contributed by atoms with Gasteiger partial charge in [0, 0.05) is 6.54 Å². The molecule has 0 amide bonds. The van der Waals surface area contributed by atoms with Crippen LogP contribution in [0.2, 0.25) is 0 Å². The van der Waals surface area contributed by atoms with Gasteiger partial charge in [-0.1, -0.05) is 19.3 Å². The van der Waals surface area contributed by atoms with Crippen molar-refractivity contribution in [3.8, 4) is 5.75 Å². The molecule has 19 heavy (non-hydrogen) atoms. The second-order valence-electron chi connectivity index (χ2n) is 5.03. The van der Waals surface area contributed by atoms with E-state index in [4.69, 9.17) is 4.74 Å². The Morgan fingerprint density at radius 1 is 1.37 bits per heavy atom. The summed E-state index contributed by atoms with van der Waals surface area (Å²) in [5, 5.41) is 14.3. The number of methoxy groups -OCH3 is 1. The molecule has 0 aliphatic heterocycles. The SMILES string of the molecule is COc1ccc(NCC2CCCCC2)c([N+](=O)[O-])c1. The van der Waals surface area contributed by atoms with Gasteiger partial charge < -0.3 is 10.1 Å². The lowest BCUT2D eigenvalue weighted by atomic mass is 9.89. The molecular formula is C14H20N2O3. The first kappa shape index (κ1) is 13.6. The van der Waals surface area contributed by atoms with Crippen LogP contribution in [0.3, 0.4) is 0 Å². The predicted octanol–water partition coefficient (Wildman–Crippen LogP) is 3.60. The van der Waals surface area contributed by atoms with Gasteiger partial charge in [-0.05, 0) is 30.9 Å². The Morgan fingerprint density at radius 2 is 2.11 bits per heavy atom. The van der Waals surface area contributed by atoms with Crippen molar-refractivity contribution in [3.63, 3.8) is 0 Å². The van der Waals surface area contributed by atoms with Gasteiger partial charge in [-0.15, -0.1) is 0 Å². The molecule has 0 bridgehead atoms. The molecular weight excluding hydrogens is 244 g/mol. The van der Waals surface area contributed by atoms with Crippen LogP contribution in [0.4, 0.5) is 11.4 Å². The molecule has 0 radical (unpaired) electrons. The third-order valence-corrected chi connectivity index (χ3v) is 3.71. The highest BCUT2D eigenvalue weighted by Crippen LogP contribution is 2.30. The van der Waals surface area contributed by atoms with Crippen LogP contribution in [0.25, 0.3) is 0 Å². The fourth-order valence-corrected chi connectivity index (χ4v) is 2.58. The largest absolute Gasteiger partial charge is 0.496 e. The van der Waals surface area contributed by atoms with E-state index in [9.17, 15) is 10.1 Å². The zero-order valence-electron chi connectivity index (χ0n) is 11.2. The molecule has 0 saturated heterocycles. The van der Waals surface area contributed by atoms with Gasteiger partial charge in [0.1, 0.15) is 11.4 Å². The van der Waals surface area contributed by atoms with Crippen molar-refractivity contribution in [1.29, 1.82) is 0 Å². The zero-order valence-corrected chi connectivity index (χ0v) is 11.2. The van der Waals surface area contributed by atoms with Gasteiger partial charge in [-0.3, -0.25) is 10.1 Å². The van der Waals surface area contributed by atoms with Gasteiger partial charge in [0.15, 0.2) is 0 Å². The summed E-state index contributed by atoms with van der Waals surface area (Å²) in [5.74, 6) is 1.14. The summed E-state index contributed by atoms with van der Waals surface area (Å²) in [4.78, 5) is 10.7. The van der Waals surface area contributed by atoms with Gasteiger partial charge >= 0.3 is 0 Å². The molecule has 0 aromatic heterocycles. The summed E-state index contributed by atoms with van der Waals surface area (Å²) in [6, 6.07) is 4.93. The molecule has 5 nitrogen and oxygen atoms in total. The van der Waals surface area contributed by atoms with Gasteiger partial charge in [0.05, 0.1) is 18.1 Å². The standard InChI is InChI=1S/C14H20N2O3/c1-19-12-7-8-13(14(9-12)16(17)18)15-10-11-5-3-2-4-6-11/h7-9,11,15H,2-6,10H2,1H3. The molecule has 5 heteroatoms. The lowest BCUT2D eigenvalue weighted by molar-refractivity contribution is -0.384. The lowest BCUT2D eigenvalue weighted by Crippen LogP contribution is -2.17. The van der Waals surface area contributed by atoms with Crippen molar-refractivity contribution < 1.29 is 9.66 Å². The van der Waals surface area contributed by atoms with Crippen molar-refractivity contribution in [1.82, 2.24) is 0 Å². The number of rotatable bonds is 5. The molecule has 1 aromatic rings. The average Bonchev–Trinajstić information content (AvgIpc) is 2.46. The minimum Gasteiger partial charge on any atom is -0.496 e. The van der Waals surface area contributed by atoms with Crippen molar-refractivity contribution in [2.75, 3.05) is 19.0 Å². The fraction of sp³-hybridized carbons (Fsp3) is 0.571. The summed E-state index contributed by atoms with van der Waals surface area (Å²) >= 11 is 0. The third-order valence-electron chi connectivity index (χ3n) is 3.71. The first-order valence-electron chi connectivity index (χ1n) is 6.77. The quantitative estimate of drug-likeness (QED) is 0.652. The molecule has 0 unspecified atom stereocenters. The first-order valence-corrected chi connectivity index (χ1v) is 6.77. The third kappa shape index (κ3) is 3.59. The number of nitrogens with zero attached hydrogens (tertiary/aromatic N) is 1. The van der Waals surface area contributed by atoms with E-state index in [0.29, 0.717) is 17.4 Å². The second kappa shape index (κ2) is 6.41. The summed E-state index contributed by atoms with van der Waals surface area (Å²) in [7, 11) is 1.51. The maximum atomic E-state index is 11.1. The van der Waals surface area contributed by atoms with E-state index in [0.717, 1.165) is 6.54 Å². The van der Waals surface area contributed by atoms with Crippen LogP contribution >= 0.6 is 0 Å². The lowest BCUT2D eigenvalue weighted by Gasteiger charge is -2.22. The Hall–Kier alpha value is -1.78. The average molecular weight is 264 g/mol. The molecule has 1 aliphatic rings. The number of nitro groups is 1. The Kier molecular flexibility index (Phi) is 4.60. The van der Waals surface area contributed by atoms with E-state index in [-0.39, 0.29) is 10.6 Å². The molecule has 1 saturated carbocycles. The maximum absolute atomic E-state index is 11.1. The number of nitrogens with one attached hydrogen (secondary N) is 1. The number of benzene rings is 1. The Labute approximate surface area is 113 Å². The number of hydrogen-bond donors (Lipinski definition) is 1. The molecule has 1 aliphatic carbocycles. The van der Waals surface area contributed by atoms with Crippen molar-refractivity contribution in [3.05, 3.63) is 28.3 Å². The molecule has 0 spiro atoms. The normalized spacial score (nSPS) is 16.1. The highest BCUT2D eigenvalue weighted by atomic mass is 16.6. The monoisotopic (exact) mass is 264 g/mol. The Morgan fingerprint density at radius 3 is 2.74 bits per heavy atom. The summed E-state index contributed by atoms with van der Waals surface area (Å²) in [6.07, 6.45) is 6.31. The number of ether oxygens (including phenoxy) is 1. The van der Waals surface area contributed by atoms with Crippen LogP contribution in [0.5, 0.6) is 5.75 Å². The van der Waals surface area contributed by atoms with Crippen LogP contribution in [-0.4, -0.2) is 18.6 Å². The zero-order chi connectivity index (χ0) is 13.7. The Balaban J connectivity index is 2.04. The summed E-state index contributed by atoms with van der Waals surface area (Å²) < 4.78 is 5.02. The second-order valence-corrected chi connectivity index (χ2v) is 5.03. The number of anilines is 1. The molecule has 104 valence electrons. The van der Waals surface area contributed by atoms with Crippen LogP contribution in [-0.2, 0) is 0 Å². The van der Waals surface area contributed by atoms with Crippen LogP contribution in [0, 0.1) is 16.0 Å². The van der Waals surface area contributed by atoms with E-state index in [1.54, 1.807) is 12.1 Å². The van der Waals surface area contributed by atoms with Crippen LogP contribution < -0.4 is 10.1 Å². The van der Waals surface area contributed by atoms with E-state index < -0.39 is 0 Å². The molecule has 2 rings (SSSR count). The Bertz CT molecular complexity index is 442. The topological polar surface area (TPSA) is 64.4 Å². The molecule has 0 atom stereocenters.